The highest BCUT2D eigenvalue weighted by Crippen LogP contribution is 2.21. The Kier molecular flexibility index (Phi) is 9.61. The molecule has 0 aromatic carbocycles. The van der Waals surface area contributed by atoms with Crippen molar-refractivity contribution in [2.45, 2.75) is 89.3 Å². The maximum atomic E-state index is 12.9. The standard InChI is InChI=1S/C27H38N6O3/c34-26(23-12-7-18-33(23)19-24-28-16-8-17-29-24)32-22(27(35)36)11-5-3-1-2-4-10-21-14-13-20-9-6-15-30-25(20)31-21/h8,13-14,16-17,22-23H,1-7,9-12,15,18-19H2,(H,30,31)(H,32,34)(H,35,36)/t22?,23-/m0/s1. The molecule has 3 N–H and O–H groups in total. The summed E-state index contributed by atoms with van der Waals surface area (Å²) in [5, 5.41) is 15.8. The first-order chi connectivity index (χ1) is 17.6. The minimum Gasteiger partial charge on any atom is -0.480 e. The number of unbranched alkanes of at least 4 members (excludes halogenated alkanes) is 4. The number of carboxylic acids is 1. The van der Waals surface area contributed by atoms with Gasteiger partial charge in [-0.3, -0.25) is 9.69 Å². The summed E-state index contributed by atoms with van der Waals surface area (Å²) in [6, 6.07) is 4.93. The lowest BCUT2D eigenvalue weighted by Crippen LogP contribution is -2.49. The highest BCUT2D eigenvalue weighted by atomic mass is 16.4. The van der Waals surface area contributed by atoms with Crippen LogP contribution in [0.25, 0.3) is 0 Å². The number of likely N-dealkylation sites (tertiary alicyclic amines) is 1. The van der Waals surface area contributed by atoms with E-state index in [9.17, 15) is 14.7 Å². The molecule has 2 atom stereocenters. The number of hydrogen-bond donors (Lipinski definition) is 3. The number of aromatic nitrogens is 3. The minimum atomic E-state index is -0.966. The van der Waals surface area contributed by atoms with Crippen LogP contribution in [-0.2, 0) is 29.0 Å². The Hall–Kier alpha value is -3.07. The van der Waals surface area contributed by atoms with E-state index in [4.69, 9.17) is 4.98 Å². The lowest BCUT2D eigenvalue weighted by molar-refractivity contribution is -0.142. The van der Waals surface area contributed by atoms with E-state index in [1.807, 2.05) is 4.90 Å². The molecule has 0 spiro atoms. The van der Waals surface area contributed by atoms with E-state index in [1.165, 1.54) is 12.0 Å². The molecule has 0 bridgehead atoms. The second-order valence-electron chi connectivity index (χ2n) is 9.84. The maximum absolute atomic E-state index is 12.9. The Bertz CT molecular complexity index is 1000. The number of carbonyl (C=O) groups is 2. The van der Waals surface area contributed by atoms with Crippen LogP contribution in [0, 0.1) is 0 Å². The van der Waals surface area contributed by atoms with E-state index in [0.717, 1.165) is 82.4 Å². The van der Waals surface area contributed by atoms with Gasteiger partial charge in [0.25, 0.3) is 0 Å². The molecule has 4 rings (SSSR count). The number of amides is 1. The average molecular weight is 495 g/mol. The van der Waals surface area contributed by atoms with Crippen molar-refractivity contribution < 1.29 is 14.7 Å². The molecular formula is C27H38N6O3. The van der Waals surface area contributed by atoms with Crippen molar-refractivity contribution in [3.63, 3.8) is 0 Å². The lowest BCUT2D eigenvalue weighted by Gasteiger charge is -2.24. The Morgan fingerprint density at radius 2 is 1.92 bits per heavy atom. The lowest BCUT2D eigenvalue weighted by atomic mass is 10.0. The average Bonchev–Trinajstić information content (AvgIpc) is 3.36. The van der Waals surface area contributed by atoms with Crippen LogP contribution in [0.5, 0.6) is 0 Å². The fourth-order valence-electron chi connectivity index (χ4n) is 5.12. The topological polar surface area (TPSA) is 120 Å². The van der Waals surface area contributed by atoms with Crippen LogP contribution >= 0.6 is 0 Å². The number of nitrogens with one attached hydrogen (secondary N) is 2. The summed E-state index contributed by atoms with van der Waals surface area (Å²) in [7, 11) is 0. The molecule has 2 aromatic rings. The van der Waals surface area contributed by atoms with Gasteiger partial charge in [-0.2, -0.15) is 0 Å². The molecule has 4 heterocycles. The maximum Gasteiger partial charge on any atom is 0.326 e. The number of carboxylic acid groups (broad SMARTS) is 1. The van der Waals surface area contributed by atoms with E-state index in [-0.39, 0.29) is 11.9 Å². The SMILES string of the molecule is O=C(O)C(CCCCCCCc1ccc2c(n1)NCCC2)NC(=O)[C@@H]1CCCN1Cc1ncccn1. The normalized spacial score (nSPS) is 18.3. The zero-order valence-electron chi connectivity index (χ0n) is 21.0. The quantitative estimate of drug-likeness (QED) is 0.363. The monoisotopic (exact) mass is 494 g/mol. The van der Waals surface area contributed by atoms with Gasteiger partial charge in [0.2, 0.25) is 5.91 Å². The van der Waals surface area contributed by atoms with Crippen LogP contribution in [0.3, 0.4) is 0 Å². The smallest absolute Gasteiger partial charge is 0.326 e. The molecule has 2 aliphatic rings. The summed E-state index contributed by atoms with van der Waals surface area (Å²) in [4.78, 5) is 40.0. The van der Waals surface area contributed by atoms with Crippen molar-refractivity contribution in [3.8, 4) is 0 Å². The summed E-state index contributed by atoms with van der Waals surface area (Å²) in [5.41, 5.74) is 2.45. The second-order valence-corrected chi connectivity index (χ2v) is 9.84. The van der Waals surface area contributed by atoms with Crippen LogP contribution in [0.2, 0.25) is 0 Å². The zero-order valence-corrected chi connectivity index (χ0v) is 21.0. The fourth-order valence-corrected chi connectivity index (χ4v) is 5.12. The number of aliphatic carboxylic acids is 1. The molecule has 1 unspecified atom stereocenters. The number of carbonyl (C=O) groups excluding carboxylic acids is 1. The van der Waals surface area contributed by atoms with Crippen molar-refractivity contribution in [2.24, 2.45) is 0 Å². The van der Waals surface area contributed by atoms with E-state index in [2.05, 4.69) is 32.7 Å². The van der Waals surface area contributed by atoms with Gasteiger partial charge in [0.05, 0.1) is 12.6 Å². The van der Waals surface area contributed by atoms with Crippen molar-refractivity contribution in [1.29, 1.82) is 0 Å². The molecule has 36 heavy (non-hydrogen) atoms. The molecule has 194 valence electrons. The van der Waals surface area contributed by atoms with Gasteiger partial charge in [-0.1, -0.05) is 31.7 Å². The van der Waals surface area contributed by atoms with Gasteiger partial charge < -0.3 is 15.7 Å². The largest absolute Gasteiger partial charge is 0.480 e. The Labute approximate surface area is 213 Å². The summed E-state index contributed by atoms with van der Waals surface area (Å²) in [6.45, 7) is 2.28. The van der Waals surface area contributed by atoms with Gasteiger partial charge in [0.15, 0.2) is 0 Å². The van der Waals surface area contributed by atoms with Crippen molar-refractivity contribution in [1.82, 2.24) is 25.2 Å². The molecule has 9 nitrogen and oxygen atoms in total. The fraction of sp³-hybridized carbons (Fsp3) is 0.593. The third-order valence-corrected chi connectivity index (χ3v) is 7.12. The van der Waals surface area contributed by atoms with Crippen LogP contribution in [0.4, 0.5) is 5.82 Å². The molecule has 1 saturated heterocycles. The van der Waals surface area contributed by atoms with Gasteiger partial charge in [0.1, 0.15) is 17.7 Å². The molecule has 2 aromatic heterocycles. The van der Waals surface area contributed by atoms with Crippen LogP contribution in [-0.4, -0.2) is 62.0 Å². The Morgan fingerprint density at radius 3 is 2.75 bits per heavy atom. The zero-order chi connectivity index (χ0) is 25.2. The third-order valence-electron chi connectivity index (χ3n) is 7.12. The molecule has 9 heteroatoms. The van der Waals surface area contributed by atoms with Crippen molar-refractivity contribution in [3.05, 3.63) is 47.7 Å². The van der Waals surface area contributed by atoms with Crippen molar-refractivity contribution in [2.75, 3.05) is 18.4 Å². The number of anilines is 1. The summed E-state index contributed by atoms with van der Waals surface area (Å²) >= 11 is 0. The van der Waals surface area contributed by atoms with Gasteiger partial charge in [-0.25, -0.2) is 19.7 Å². The van der Waals surface area contributed by atoms with Crippen LogP contribution < -0.4 is 10.6 Å². The first-order valence-electron chi connectivity index (χ1n) is 13.4. The number of fused-ring (bicyclic) bond motifs is 1. The van der Waals surface area contributed by atoms with Crippen LogP contribution in [0.15, 0.2) is 30.6 Å². The van der Waals surface area contributed by atoms with Crippen molar-refractivity contribution >= 4 is 17.7 Å². The van der Waals surface area contributed by atoms with E-state index < -0.39 is 12.0 Å². The number of hydrogen-bond acceptors (Lipinski definition) is 7. The number of aryl methyl sites for hydroxylation is 2. The molecule has 2 aliphatic heterocycles. The van der Waals surface area contributed by atoms with Gasteiger partial charge in [-0.05, 0) is 69.2 Å². The number of nitrogens with zero attached hydrogens (tertiary/aromatic N) is 4. The van der Waals surface area contributed by atoms with Gasteiger partial charge in [-0.15, -0.1) is 0 Å². The van der Waals surface area contributed by atoms with Gasteiger partial charge >= 0.3 is 5.97 Å². The predicted molar refractivity (Wildman–Crippen MR) is 137 cm³/mol. The molecule has 1 fully saturated rings. The van der Waals surface area contributed by atoms with Gasteiger partial charge in [0, 0.05) is 24.6 Å². The Balaban J connectivity index is 1.14. The second kappa shape index (κ2) is 13.3. The van der Waals surface area contributed by atoms with E-state index in [0.29, 0.717) is 18.8 Å². The molecule has 0 radical (unpaired) electrons. The highest BCUT2D eigenvalue weighted by Gasteiger charge is 2.33. The summed E-state index contributed by atoms with van der Waals surface area (Å²) in [5.74, 6) is 0.551. The number of pyridine rings is 1. The summed E-state index contributed by atoms with van der Waals surface area (Å²) < 4.78 is 0. The molecule has 0 saturated carbocycles. The van der Waals surface area contributed by atoms with E-state index in [1.54, 1.807) is 18.5 Å². The third kappa shape index (κ3) is 7.46. The summed E-state index contributed by atoms with van der Waals surface area (Å²) in [6.07, 6.45) is 13.7. The first kappa shape index (κ1) is 26.0. The van der Waals surface area contributed by atoms with Crippen LogP contribution in [0.1, 0.15) is 74.9 Å². The molecule has 1 amide bonds. The first-order valence-corrected chi connectivity index (χ1v) is 13.4. The number of rotatable bonds is 13. The molecular weight excluding hydrogens is 456 g/mol. The predicted octanol–water partition coefficient (Wildman–Crippen LogP) is 3.35. The molecule has 0 aliphatic carbocycles. The Morgan fingerprint density at radius 1 is 1.11 bits per heavy atom. The minimum absolute atomic E-state index is 0.206. The van der Waals surface area contributed by atoms with E-state index >= 15 is 0 Å². The highest BCUT2D eigenvalue weighted by molar-refractivity contribution is 5.87.